The molecule has 0 aliphatic carbocycles. The third kappa shape index (κ3) is 2.97. The van der Waals surface area contributed by atoms with Crippen molar-refractivity contribution in [3.8, 4) is 0 Å². The highest BCUT2D eigenvalue weighted by Gasteiger charge is 2.32. The second-order valence-electron chi connectivity index (χ2n) is 4.57. The number of primary amides is 1. The van der Waals surface area contributed by atoms with Crippen molar-refractivity contribution in [1.82, 2.24) is 4.90 Å². The van der Waals surface area contributed by atoms with Crippen LogP contribution in [0.25, 0.3) is 0 Å². The molecule has 0 spiro atoms. The minimum absolute atomic E-state index is 0.0815. The van der Waals surface area contributed by atoms with Gasteiger partial charge in [-0.3, -0.25) is 9.59 Å². The summed E-state index contributed by atoms with van der Waals surface area (Å²) in [6.07, 6.45) is 4.38. The third-order valence-electron chi connectivity index (χ3n) is 3.33. The monoisotopic (exact) mass is 226 g/mol. The standard InChI is InChI=1S/C12H22N2O2/c1-3-5-9-6-7-11(15)14(8-9)10(4-2)12(13)16/h9-10H,3-8H2,1-2H3,(H2,13,16). The first kappa shape index (κ1) is 13.0. The molecular weight excluding hydrogens is 204 g/mol. The molecule has 1 rings (SSSR count). The van der Waals surface area contributed by atoms with Crippen LogP contribution >= 0.6 is 0 Å². The number of nitrogens with zero attached hydrogens (tertiary/aromatic N) is 1. The molecular formula is C12H22N2O2. The van der Waals surface area contributed by atoms with Gasteiger partial charge in [-0.2, -0.15) is 0 Å². The van der Waals surface area contributed by atoms with Crippen molar-refractivity contribution < 1.29 is 9.59 Å². The van der Waals surface area contributed by atoms with Crippen LogP contribution in [-0.2, 0) is 9.59 Å². The van der Waals surface area contributed by atoms with Crippen molar-refractivity contribution in [3.05, 3.63) is 0 Å². The van der Waals surface area contributed by atoms with Crippen LogP contribution in [0, 0.1) is 5.92 Å². The smallest absolute Gasteiger partial charge is 0.240 e. The van der Waals surface area contributed by atoms with Crippen LogP contribution in [0.15, 0.2) is 0 Å². The number of hydrogen-bond acceptors (Lipinski definition) is 2. The van der Waals surface area contributed by atoms with Gasteiger partial charge < -0.3 is 10.6 Å². The summed E-state index contributed by atoms with van der Waals surface area (Å²) >= 11 is 0. The molecule has 0 radical (unpaired) electrons. The predicted molar refractivity (Wildman–Crippen MR) is 62.6 cm³/mol. The van der Waals surface area contributed by atoms with Gasteiger partial charge in [0, 0.05) is 13.0 Å². The molecule has 2 unspecified atom stereocenters. The van der Waals surface area contributed by atoms with E-state index in [1.54, 1.807) is 4.90 Å². The predicted octanol–water partition coefficient (Wildman–Crippen LogP) is 1.29. The van der Waals surface area contributed by atoms with Crippen molar-refractivity contribution in [2.45, 2.75) is 52.0 Å². The van der Waals surface area contributed by atoms with Crippen molar-refractivity contribution in [3.63, 3.8) is 0 Å². The van der Waals surface area contributed by atoms with Crippen LogP contribution in [0.1, 0.15) is 46.0 Å². The van der Waals surface area contributed by atoms with Gasteiger partial charge in [-0.25, -0.2) is 0 Å². The molecule has 2 N–H and O–H groups in total. The molecule has 0 bridgehead atoms. The van der Waals surface area contributed by atoms with Crippen molar-refractivity contribution in [2.24, 2.45) is 11.7 Å². The highest BCUT2D eigenvalue weighted by molar-refractivity contribution is 5.86. The minimum atomic E-state index is -0.410. The van der Waals surface area contributed by atoms with Crippen LogP contribution < -0.4 is 5.73 Å². The van der Waals surface area contributed by atoms with Crippen LogP contribution in [0.3, 0.4) is 0 Å². The number of amides is 2. The molecule has 1 saturated heterocycles. The molecule has 0 aromatic carbocycles. The van der Waals surface area contributed by atoms with Gasteiger partial charge in [-0.05, 0) is 25.2 Å². The SMILES string of the molecule is CCCC1CCC(=O)N(C(CC)C(N)=O)C1. The summed E-state index contributed by atoms with van der Waals surface area (Å²) in [4.78, 5) is 24.7. The fraction of sp³-hybridized carbons (Fsp3) is 0.833. The lowest BCUT2D eigenvalue weighted by molar-refractivity contribution is -0.143. The number of piperidine rings is 1. The Balaban J connectivity index is 2.67. The Labute approximate surface area is 97.2 Å². The number of nitrogens with two attached hydrogens (primary N) is 1. The van der Waals surface area contributed by atoms with Crippen LogP contribution in [0.2, 0.25) is 0 Å². The molecule has 92 valence electrons. The Hall–Kier alpha value is -1.06. The number of carbonyl (C=O) groups excluding carboxylic acids is 2. The Morgan fingerprint density at radius 2 is 2.25 bits per heavy atom. The van der Waals surface area contributed by atoms with E-state index in [4.69, 9.17) is 5.73 Å². The van der Waals surface area contributed by atoms with E-state index >= 15 is 0 Å². The summed E-state index contributed by atoms with van der Waals surface area (Å²) in [6, 6.07) is -0.410. The highest BCUT2D eigenvalue weighted by atomic mass is 16.2. The average molecular weight is 226 g/mol. The van der Waals surface area contributed by atoms with E-state index in [9.17, 15) is 9.59 Å². The third-order valence-corrected chi connectivity index (χ3v) is 3.33. The van der Waals surface area contributed by atoms with Crippen LogP contribution in [-0.4, -0.2) is 29.3 Å². The van der Waals surface area contributed by atoms with Crippen molar-refractivity contribution >= 4 is 11.8 Å². The Morgan fingerprint density at radius 3 is 2.75 bits per heavy atom. The first-order valence-corrected chi connectivity index (χ1v) is 6.18. The van der Waals surface area contributed by atoms with E-state index in [-0.39, 0.29) is 11.8 Å². The van der Waals surface area contributed by atoms with Gasteiger partial charge in [0.2, 0.25) is 11.8 Å². The molecule has 16 heavy (non-hydrogen) atoms. The molecule has 0 aromatic rings. The fourth-order valence-electron chi connectivity index (χ4n) is 2.46. The Morgan fingerprint density at radius 1 is 1.56 bits per heavy atom. The molecule has 2 atom stereocenters. The van der Waals surface area contributed by atoms with Gasteiger partial charge in [-0.1, -0.05) is 20.3 Å². The lowest BCUT2D eigenvalue weighted by Crippen LogP contribution is -2.51. The normalized spacial score (nSPS) is 23.2. The second-order valence-corrected chi connectivity index (χ2v) is 4.57. The molecule has 4 heteroatoms. The molecule has 4 nitrogen and oxygen atoms in total. The molecule has 0 aromatic heterocycles. The van der Waals surface area contributed by atoms with Gasteiger partial charge in [0.15, 0.2) is 0 Å². The zero-order valence-corrected chi connectivity index (χ0v) is 10.2. The summed E-state index contributed by atoms with van der Waals surface area (Å²) in [5.74, 6) is 0.238. The van der Waals surface area contributed by atoms with E-state index in [0.717, 1.165) is 19.3 Å². The summed E-state index contributed by atoms with van der Waals surface area (Å²) < 4.78 is 0. The zero-order chi connectivity index (χ0) is 12.1. The molecule has 1 aliphatic rings. The maximum atomic E-state index is 11.8. The number of hydrogen-bond donors (Lipinski definition) is 1. The quantitative estimate of drug-likeness (QED) is 0.767. The largest absolute Gasteiger partial charge is 0.368 e. The highest BCUT2D eigenvalue weighted by Crippen LogP contribution is 2.24. The summed E-state index contributed by atoms with van der Waals surface area (Å²) in [5, 5.41) is 0. The maximum Gasteiger partial charge on any atom is 0.240 e. The van der Waals surface area contributed by atoms with Gasteiger partial charge in [0.1, 0.15) is 6.04 Å². The second kappa shape index (κ2) is 5.87. The van der Waals surface area contributed by atoms with E-state index < -0.39 is 6.04 Å². The molecule has 0 saturated carbocycles. The lowest BCUT2D eigenvalue weighted by Gasteiger charge is -2.36. The first-order chi connectivity index (χ1) is 7.60. The maximum absolute atomic E-state index is 11.8. The topological polar surface area (TPSA) is 63.4 Å². The number of carbonyl (C=O) groups is 2. The van der Waals surface area contributed by atoms with E-state index in [0.29, 0.717) is 25.3 Å². The number of likely N-dealkylation sites (tertiary alicyclic amines) is 1. The number of rotatable bonds is 5. The Bertz CT molecular complexity index is 266. The minimum Gasteiger partial charge on any atom is -0.368 e. The van der Waals surface area contributed by atoms with Crippen LogP contribution in [0.4, 0.5) is 0 Å². The molecule has 1 heterocycles. The van der Waals surface area contributed by atoms with Gasteiger partial charge in [-0.15, -0.1) is 0 Å². The first-order valence-electron chi connectivity index (χ1n) is 6.18. The van der Waals surface area contributed by atoms with Crippen LogP contribution in [0.5, 0.6) is 0 Å². The molecule has 1 aliphatic heterocycles. The zero-order valence-electron chi connectivity index (χ0n) is 10.2. The van der Waals surface area contributed by atoms with Crippen molar-refractivity contribution in [1.29, 1.82) is 0 Å². The lowest BCUT2D eigenvalue weighted by atomic mass is 9.92. The van der Waals surface area contributed by atoms with E-state index in [1.807, 2.05) is 6.92 Å². The van der Waals surface area contributed by atoms with Gasteiger partial charge in [0.25, 0.3) is 0 Å². The Kier molecular flexibility index (Phi) is 4.77. The fourth-order valence-corrected chi connectivity index (χ4v) is 2.46. The summed E-state index contributed by atoms with van der Waals surface area (Å²) in [6.45, 7) is 4.74. The summed E-state index contributed by atoms with van der Waals surface area (Å²) in [7, 11) is 0. The summed E-state index contributed by atoms with van der Waals surface area (Å²) in [5.41, 5.74) is 5.33. The molecule has 1 fully saturated rings. The van der Waals surface area contributed by atoms with Gasteiger partial charge in [0.05, 0.1) is 0 Å². The van der Waals surface area contributed by atoms with Gasteiger partial charge >= 0.3 is 0 Å². The van der Waals surface area contributed by atoms with E-state index in [1.165, 1.54) is 0 Å². The van der Waals surface area contributed by atoms with E-state index in [2.05, 4.69) is 6.92 Å². The molecule has 2 amide bonds. The van der Waals surface area contributed by atoms with Crippen molar-refractivity contribution in [2.75, 3.05) is 6.54 Å². The average Bonchev–Trinajstić information content (AvgIpc) is 2.23.